The van der Waals surface area contributed by atoms with Crippen molar-refractivity contribution in [2.45, 2.75) is 25.8 Å². The maximum Gasteiger partial charge on any atom is 0.319 e. The van der Waals surface area contributed by atoms with E-state index < -0.39 is 8.32 Å². The zero-order chi connectivity index (χ0) is 18.6. The predicted octanol–water partition coefficient (Wildman–Crippen LogP) is 4.50. The lowest BCUT2D eigenvalue weighted by Crippen LogP contribution is -2.68. The van der Waals surface area contributed by atoms with E-state index in [0.717, 1.165) is 5.75 Å². The molecule has 0 N–H and O–H groups in total. The minimum atomic E-state index is -2.64. The van der Waals surface area contributed by atoms with Gasteiger partial charge in [-0.3, -0.25) is 0 Å². The molecule has 0 aliphatic carbocycles. The summed E-state index contributed by atoms with van der Waals surface area (Å²) >= 11 is 0. The molecule has 0 amide bonds. The van der Waals surface area contributed by atoms with Crippen LogP contribution in [0.5, 0.6) is 5.75 Å². The third-order valence-electron chi connectivity index (χ3n) is 4.65. The first-order chi connectivity index (χ1) is 12.5. The summed E-state index contributed by atoms with van der Waals surface area (Å²) in [6.45, 7) is 6.73. The average Bonchev–Trinajstić information content (AvgIpc) is 2.66. The van der Waals surface area contributed by atoms with Crippen LogP contribution in [0.25, 0.3) is 0 Å². The van der Waals surface area contributed by atoms with E-state index in [4.69, 9.17) is 4.43 Å². The van der Waals surface area contributed by atoms with Crippen molar-refractivity contribution in [1.29, 1.82) is 5.26 Å². The Kier molecular flexibility index (Phi) is 4.97. The molecular formula is C23H23NOSi. The summed E-state index contributed by atoms with van der Waals surface area (Å²) in [7, 11) is -2.64. The fraction of sp³-hybridized carbons (Fsp3) is 0.174. The van der Waals surface area contributed by atoms with Crippen LogP contribution in [-0.4, -0.2) is 8.32 Å². The summed E-state index contributed by atoms with van der Waals surface area (Å²) < 4.78 is 6.87. The normalized spacial score (nSPS) is 11.6. The van der Waals surface area contributed by atoms with Crippen molar-refractivity contribution in [2.75, 3.05) is 0 Å². The van der Waals surface area contributed by atoms with E-state index in [1.54, 1.807) is 6.07 Å². The van der Waals surface area contributed by atoms with Crippen LogP contribution < -0.4 is 14.8 Å². The third kappa shape index (κ3) is 3.29. The van der Waals surface area contributed by atoms with Gasteiger partial charge in [0, 0.05) is 0 Å². The fourth-order valence-electron chi connectivity index (χ4n) is 3.46. The lowest BCUT2D eigenvalue weighted by Gasteiger charge is -2.43. The molecule has 26 heavy (non-hydrogen) atoms. The molecular weight excluding hydrogens is 334 g/mol. The summed E-state index contributed by atoms with van der Waals surface area (Å²) in [4.78, 5) is 0. The largest absolute Gasteiger partial charge is 0.534 e. The Hall–Kier alpha value is -2.83. The maximum atomic E-state index is 9.26. The van der Waals surface area contributed by atoms with Crippen molar-refractivity contribution in [1.82, 2.24) is 0 Å². The van der Waals surface area contributed by atoms with Crippen LogP contribution in [0.4, 0.5) is 0 Å². The molecule has 0 bridgehead atoms. The van der Waals surface area contributed by atoms with E-state index in [0.29, 0.717) is 5.56 Å². The van der Waals surface area contributed by atoms with Gasteiger partial charge < -0.3 is 4.43 Å². The Labute approximate surface area is 156 Å². The summed E-state index contributed by atoms with van der Waals surface area (Å²) in [5, 5.41) is 11.6. The standard InChI is InChI=1S/C23H23NOSi/c1-23(2,3)26(21-13-6-4-7-14-21,22-15-8-5-9-16-22)25-20-12-10-11-19(17-20)18-24/h4-17H,1-3H3. The second kappa shape index (κ2) is 7.19. The summed E-state index contributed by atoms with van der Waals surface area (Å²) in [5.41, 5.74) is 0.612. The first-order valence-electron chi connectivity index (χ1n) is 8.77. The Morgan fingerprint density at radius 1 is 0.769 bits per heavy atom. The monoisotopic (exact) mass is 357 g/mol. The van der Waals surface area contributed by atoms with Gasteiger partial charge in [-0.1, -0.05) is 87.5 Å². The zero-order valence-electron chi connectivity index (χ0n) is 15.4. The van der Waals surface area contributed by atoms with E-state index in [2.05, 4.69) is 75.4 Å². The minimum absolute atomic E-state index is 0.0989. The highest BCUT2D eigenvalue weighted by atomic mass is 28.4. The van der Waals surface area contributed by atoms with Crippen LogP contribution in [0.1, 0.15) is 26.3 Å². The second-order valence-electron chi connectivity index (χ2n) is 7.40. The van der Waals surface area contributed by atoms with Gasteiger partial charge in [-0.05, 0) is 33.6 Å². The summed E-state index contributed by atoms with van der Waals surface area (Å²) in [5.74, 6) is 0.748. The van der Waals surface area contributed by atoms with Gasteiger partial charge >= 0.3 is 8.32 Å². The SMILES string of the molecule is CC(C)(C)[Si](Oc1cccc(C#N)c1)(c1ccccc1)c1ccccc1. The molecule has 0 aliphatic rings. The van der Waals surface area contributed by atoms with Crippen LogP contribution in [0, 0.1) is 11.3 Å². The molecule has 0 fully saturated rings. The molecule has 0 atom stereocenters. The fourth-order valence-corrected chi connectivity index (χ4v) is 7.87. The topological polar surface area (TPSA) is 33.0 Å². The molecule has 0 spiro atoms. The van der Waals surface area contributed by atoms with Gasteiger partial charge in [-0.15, -0.1) is 0 Å². The average molecular weight is 358 g/mol. The van der Waals surface area contributed by atoms with Gasteiger partial charge in [0.05, 0.1) is 11.6 Å². The molecule has 0 unspecified atom stereocenters. The van der Waals surface area contributed by atoms with E-state index >= 15 is 0 Å². The number of nitrogens with zero attached hydrogens (tertiary/aromatic N) is 1. The molecule has 130 valence electrons. The zero-order valence-corrected chi connectivity index (χ0v) is 16.4. The predicted molar refractivity (Wildman–Crippen MR) is 109 cm³/mol. The Bertz CT molecular complexity index is 869. The third-order valence-corrected chi connectivity index (χ3v) is 9.60. The molecule has 0 radical (unpaired) electrons. The Balaban J connectivity index is 2.25. The van der Waals surface area contributed by atoms with Crippen LogP contribution in [0.15, 0.2) is 84.9 Å². The molecule has 0 heterocycles. The molecule has 0 aliphatic heterocycles. The van der Waals surface area contributed by atoms with Crippen molar-refractivity contribution in [3.63, 3.8) is 0 Å². The summed E-state index contributed by atoms with van der Waals surface area (Å²) in [6, 6.07) is 30.7. The number of hydrogen-bond donors (Lipinski definition) is 0. The molecule has 3 aromatic rings. The van der Waals surface area contributed by atoms with Crippen molar-refractivity contribution < 1.29 is 4.43 Å². The second-order valence-corrected chi connectivity index (χ2v) is 11.6. The Morgan fingerprint density at radius 3 is 1.77 bits per heavy atom. The van der Waals surface area contributed by atoms with Gasteiger partial charge in [0.2, 0.25) is 0 Å². The number of rotatable bonds is 4. The van der Waals surface area contributed by atoms with Crippen molar-refractivity contribution >= 4 is 18.7 Å². The van der Waals surface area contributed by atoms with Crippen LogP contribution in [-0.2, 0) is 0 Å². The molecule has 2 nitrogen and oxygen atoms in total. The van der Waals surface area contributed by atoms with Crippen LogP contribution >= 0.6 is 0 Å². The van der Waals surface area contributed by atoms with E-state index in [-0.39, 0.29) is 5.04 Å². The highest BCUT2D eigenvalue weighted by Crippen LogP contribution is 2.37. The number of nitriles is 1. The van der Waals surface area contributed by atoms with Crippen molar-refractivity contribution in [3.05, 3.63) is 90.5 Å². The van der Waals surface area contributed by atoms with Crippen molar-refractivity contribution in [3.8, 4) is 11.8 Å². The maximum absolute atomic E-state index is 9.26. The first-order valence-corrected chi connectivity index (χ1v) is 10.7. The van der Waals surface area contributed by atoms with Gasteiger partial charge in [0.1, 0.15) is 5.75 Å². The van der Waals surface area contributed by atoms with E-state index in [9.17, 15) is 5.26 Å². The quantitative estimate of drug-likeness (QED) is 0.644. The van der Waals surface area contributed by atoms with E-state index in [1.165, 1.54) is 10.4 Å². The lowest BCUT2D eigenvalue weighted by molar-refractivity contribution is 0.508. The van der Waals surface area contributed by atoms with Gasteiger partial charge in [-0.25, -0.2) is 0 Å². The van der Waals surface area contributed by atoms with Gasteiger partial charge in [0.25, 0.3) is 0 Å². The number of benzene rings is 3. The van der Waals surface area contributed by atoms with Crippen LogP contribution in [0.2, 0.25) is 5.04 Å². The van der Waals surface area contributed by atoms with Gasteiger partial charge in [-0.2, -0.15) is 5.26 Å². The molecule has 3 rings (SSSR count). The molecule has 3 heteroatoms. The molecule has 0 aromatic heterocycles. The molecule has 0 saturated carbocycles. The van der Waals surface area contributed by atoms with Gasteiger partial charge in [0.15, 0.2) is 0 Å². The highest BCUT2D eigenvalue weighted by molar-refractivity contribution is 7.00. The number of hydrogen-bond acceptors (Lipinski definition) is 2. The molecule has 3 aromatic carbocycles. The first kappa shape index (κ1) is 18.0. The van der Waals surface area contributed by atoms with Crippen molar-refractivity contribution in [2.24, 2.45) is 0 Å². The summed E-state index contributed by atoms with van der Waals surface area (Å²) in [6.07, 6.45) is 0. The lowest BCUT2D eigenvalue weighted by atomic mass is 10.2. The minimum Gasteiger partial charge on any atom is -0.534 e. The van der Waals surface area contributed by atoms with E-state index in [1.807, 2.05) is 30.3 Å². The van der Waals surface area contributed by atoms with Crippen LogP contribution in [0.3, 0.4) is 0 Å². The highest BCUT2D eigenvalue weighted by Gasteiger charge is 2.52. The Morgan fingerprint density at radius 2 is 1.31 bits per heavy atom. The molecule has 0 saturated heterocycles. The smallest absolute Gasteiger partial charge is 0.319 e.